The maximum absolute atomic E-state index is 8.41. The van der Waals surface area contributed by atoms with Crippen LogP contribution < -0.4 is 5.32 Å². The third kappa shape index (κ3) is 5.87. The van der Waals surface area contributed by atoms with Crippen LogP contribution in [0.1, 0.15) is 33.1 Å². The molecule has 0 aromatic heterocycles. The van der Waals surface area contributed by atoms with E-state index in [2.05, 4.69) is 25.2 Å². The first kappa shape index (κ1) is 10.4. The molecule has 1 N–H and O–H groups in total. The number of hydrogen-bond acceptors (Lipinski definition) is 2. The summed E-state index contributed by atoms with van der Waals surface area (Å²) >= 11 is 0. The molecular weight excluding hydrogens is 136 g/mol. The number of nitriles is 1. The Kier molecular flexibility index (Phi) is 7.18. The predicted molar refractivity (Wildman–Crippen MR) is 47.2 cm³/mol. The normalized spacial score (nSPS) is 17.9. The Hall–Kier alpha value is -0.550. The van der Waals surface area contributed by atoms with Crippen molar-refractivity contribution >= 4 is 0 Å². The van der Waals surface area contributed by atoms with Crippen LogP contribution in [-0.4, -0.2) is 13.1 Å². The van der Waals surface area contributed by atoms with Crippen molar-refractivity contribution in [3.8, 4) is 6.07 Å². The Morgan fingerprint density at radius 2 is 1.82 bits per heavy atom. The Balaban J connectivity index is 0.000000292. The van der Waals surface area contributed by atoms with Gasteiger partial charge in [-0.1, -0.05) is 20.3 Å². The largest absolute Gasteiger partial charge is 0.317 e. The molecule has 1 saturated heterocycles. The van der Waals surface area contributed by atoms with Gasteiger partial charge in [0.1, 0.15) is 0 Å². The van der Waals surface area contributed by atoms with Crippen LogP contribution in [-0.2, 0) is 0 Å². The molecule has 64 valence electrons. The minimum atomic E-state index is 0.330. The maximum Gasteiger partial charge on any atom is 0.0656 e. The third-order valence-corrected chi connectivity index (χ3v) is 1.52. The first-order valence-corrected chi connectivity index (χ1v) is 4.45. The Bertz CT molecular complexity index is 109. The van der Waals surface area contributed by atoms with Crippen molar-refractivity contribution in [1.82, 2.24) is 5.32 Å². The van der Waals surface area contributed by atoms with Crippen LogP contribution in [0.15, 0.2) is 0 Å². The second-order valence-corrected chi connectivity index (χ2v) is 2.86. The fraction of sp³-hybridized carbons (Fsp3) is 0.889. The summed E-state index contributed by atoms with van der Waals surface area (Å²) in [7, 11) is 0. The van der Waals surface area contributed by atoms with E-state index in [4.69, 9.17) is 5.26 Å². The maximum atomic E-state index is 8.41. The smallest absolute Gasteiger partial charge is 0.0656 e. The molecule has 0 aromatic rings. The molecule has 0 aliphatic carbocycles. The van der Waals surface area contributed by atoms with Crippen molar-refractivity contribution in [3.05, 3.63) is 0 Å². The van der Waals surface area contributed by atoms with Crippen LogP contribution in [0.2, 0.25) is 0 Å². The monoisotopic (exact) mass is 154 g/mol. The molecule has 0 aromatic carbocycles. The van der Waals surface area contributed by atoms with Crippen molar-refractivity contribution < 1.29 is 0 Å². The summed E-state index contributed by atoms with van der Waals surface area (Å²) in [5.41, 5.74) is 0. The average Bonchev–Trinajstić information content (AvgIpc) is 2.08. The Labute approximate surface area is 69.6 Å². The van der Waals surface area contributed by atoms with E-state index in [1.807, 2.05) is 0 Å². The molecule has 0 spiro atoms. The van der Waals surface area contributed by atoms with Gasteiger partial charge >= 0.3 is 0 Å². The van der Waals surface area contributed by atoms with Gasteiger partial charge in [-0.05, 0) is 25.9 Å². The number of piperidine rings is 1. The van der Waals surface area contributed by atoms with Gasteiger partial charge in [-0.2, -0.15) is 5.26 Å². The number of nitrogens with zero attached hydrogens (tertiary/aromatic N) is 1. The SMILES string of the molecule is CCC.N#CC1CCNCC1. The summed E-state index contributed by atoms with van der Waals surface area (Å²) in [5.74, 6) is 0.330. The van der Waals surface area contributed by atoms with Crippen molar-refractivity contribution in [2.45, 2.75) is 33.1 Å². The average molecular weight is 154 g/mol. The van der Waals surface area contributed by atoms with E-state index in [0.29, 0.717) is 5.92 Å². The van der Waals surface area contributed by atoms with Crippen molar-refractivity contribution in [2.24, 2.45) is 5.92 Å². The summed E-state index contributed by atoms with van der Waals surface area (Å²) in [6.07, 6.45) is 3.33. The predicted octanol–water partition coefficient (Wildman–Crippen LogP) is 1.93. The molecular formula is C9H18N2. The first-order valence-electron chi connectivity index (χ1n) is 4.45. The minimum Gasteiger partial charge on any atom is -0.317 e. The molecule has 11 heavy (non-hydrogen) atoms. The molecule has 0 unspecified atom stereocenters. The lowest BCUT2D eigenvalue weighted by Gasteiger charge is -2.15. The molecule has 0 saturated carbocycles. The third-order valence-electron chi connectivity index (χ3n) is 1.52. The fourth-order valence-corrected chi connectivity index (χ4v) is 0.951. The van der Waals surface area contributed by atoms with Crippen molar-refractivity contribution in [1.29, 1.82) is 5.26 Å². The molecule has 1 aliphatic rings. The van der Waals surface area contributed by atoms with E-state index in [9.17, 15) is 0 Å². The van der Waals surface area contributed by atoms with Crippen molar-refractivity contribution in [3.63, 3.8) is 0 Å². The van der Waals surface area contributed by atoms with Crippen LogP contribution in [0.3, 0.4) is 0 Å². The van der Waals surface area contributed by atoms with Gasteiger partial charge in [-0.25, -0.2) is 0 Å². The van der Waals surface area contributed by atoms with Crippen LogP contribution >= 0.6 is 0 Å². The molecule has 1 rings (SSSR count). The first-order chi connectivity index (χ1) is 5.35. The van der Waals surface area contributed by atoms with Crippen LogP contribution in [0, 0.1) is 17.2 Å². The molecule has 1 fully saturated rings. The standard InChI is InChI=1S/C6H10N2.C3H8/c7-5-6-1-3-8-4-2-6;1-3-2/h6,8H,1-4H2;3H2,1-2H3. The van der Waals surface area contributed by atoms with E-state index >= 15 is 0 Å². The molecule has 1 heterocycles. The molecule has 0 amide bonds. The fourth-order valence-electron chi connectivity index (χ4n) is 0.951. The molecule has 0 bridgehead atoms. The van der Waals surface area contributed by atoms with Gasteiger partial charge in [-0.15, -0.1) is 0 Å². The van der Waals surface area contributed by atoms with Gasteiger partial charge in [0, 0.05) is 5.92 Å². The highest BCUT2D eigenvalue weighted by Gasteiger charge is 2.09. The Morgan fingerprint density at radius 3 is 2.09 bits per heavy atom. The molecule has 2 nitrogen and oxygen atoms in total. The van der Waals surface area contributed by atoms with E-state index in [-0.39, 0.29) is 0 Å². The lowest BCUT2D eigenvalue weighted by molar-refractivity contribution is 0.444. The second-order valence-electron chi connectivity index (χ2n) is 2.86. The van der Waals surface area contributed by atoms with Gasteiger partial charge < -0.3 is 5.32 Å². The summed E-state index contributed by atoms with van der Waals surface area (Å²) < 4.78 is 0. The van der Waals surface area contributed by atoms with E-state index in [0.717, 1.165) is 25.9 Å². The zero-order chi connectivity index (χ0) is 8.53. The number of hydrogen-bond donors (Lipinski definition) is 1. The molecule has 0 radical (unpaired) electrons. The van der Waals surface area contributed by atoms with E-state index in [1.54, 1.807) is 0 Å². The molecule has 0 atom stereocenters. The quantitative estimate of drug-likeness (QED) is 0.578. The zero-order valence-electron chi connectivity index (χ0n) is 7.56. The minimum absolute atomic E-state index is 0.330. The summed E-state index contributed by atoms with van der Waals surface area (Å²) in [5, 5.41) is 11.6. The lowest BCUT2D eigenvalue weighted by atomic mass is 10.0. The summed E-state index contributed by atoms with van der Waals surface area (Å²) in [6, 6.07) is 2.26. The van der Waals surface area contributed by atoms with Gasteiger partial charge in [0.15, 0.2) is 0 Å². The van der Waals surface area contributed by atoms with E-state index in [1.165, 1.54) is 6.42 Å². The van der Waals surface area contributed by atoms with Crippen LogP contribution in [0.4, 0.5) is 0 Å². The second kappa shape index (κ2) is 7.56. The number of rotatable bonds is 0. The molecule has 1 aliphatic heterocycles. The zero-order valence-corrected chi connectivity index (χ0v) is 7.56. The lowest BCUT2D eigenvalue weighted by Crippen LogP contribution is -2.26. The van der Waals surface area contributed by atoms with Crippen LogP contribution in [0.25, 0.3) is 0 Å². The van der Waals surface area contributed by atoms with Crippen molar-refractivity contribution in [2.75, 3.05) is 13.1 Å². The number of nitrogens with one attached hydrogen (secondary N) is 1. The highest BCUT2D eigenvalue weighted by molar-refractivity contribution is 4.85. The highest BCUT2D eigenvalue weighted by Crippen LogP contribution is 2.08. The summed E-state index contributed by atoms with van der Waals surface area (Å²) in [4.78, 5) is 0. The van der Waals surface area contributed by atoms with Crippen LogP contribution in [0.5, 0.6) is 0 Å². The van der Waals surface area contributed by atoms with E-state index < -0.39 is 0 Å². The molecule has 2 heteroatoms. The van der Waals surface area contributed by atoms with Gasteiger partial charge in [-0.3, -0.25) is 0 Å². The topological polar surface area (TPSA) is 35.8 Å². The van der Waals surface area contributed by atoms with Gasteiger partial charge in [0.05, 0.1) is 6.07 Å². The summed E-state index contributed by atoms with van der Waals surface area (Å²) in [6.45, 7) is 6.30. The van der Waals surface area contributed by atoms with Gasteiger partial charge in [0.2, 0.25) is 0 Å². The Morgan fingerprint density at radius 1 is 1.36 bits per heavy atom. The van der Waals surface area contributed by atoms with Gasteiger partial charge in [0.25, 0.3) is 0 Å². The highest BCUT2D eigenvalue weighted by atomic mass is 14.9.